The minimum atomic E-state index is -0.673. The van der Waals surface area contributed by atoms with E-state index in [0.29, 0.717) is 23.6 Å². The molecule has 3 amide bonds. The van der Waals surface area contributed by atoms with Gasteiger partial charge in [-0.2, -0.15) is 0 Å². The molecule has 0 unspecified atom stereocenters. The normalized spacial score (nSPS) is 9.89. The lowest BCUT2D eigenvalue weighted by Crippen LogP contribution is -2.23. The molecule has 2 aromatic rings. The fourth-order valence-corrected chi connectivity index (χ4v) is 1.56. The highest BCUT2D eigenvalue weighted by Crippen LogP contribution is 2.10. The van der Waals surface area contributed by atoms with Crippen LogP contribution >= 0.6 is 0 Å². The fourth-order valence-electron chi connectivity index (χ4n) is 1.56. The van der Waals surface area contributed by atoms with Crippen LogP contribution < -0.4 is 16.4 Å². The van der Waals surface area contributed by atoms with Crippen molar-refractivity contribution in [1.82, 2.24) is 5.32 Å². The Morgan fingerprint density at radius 2 is 2.05 bits per heavy atom. The third-order valence-corrected chi connectivity index (χ3v) is 2.40. The lowest BCUT2D eigenvalue weighted by molar-refractivity contribution is 0.0948. The molecule has 6 heteroatoms. The zero-order valence-electron chi connectivity index (χ0n) is 10.1. The molecule has 0 bridgehead atoms. The number of carbonyl (C=O) groups is 2. The quantitative estimate of drug-likeness (QED) is 0.779. The first kappa shape index (κ1) is 12.7. The van der Waals surface area contributed by atoms with Gasteiger partial charge in [-0.25, -0.2) is 4.79 Å². The maximum absolute atomic E-state index is 11.9. The number of furan rings is 1. The standard InChI is InChI=1S/C13H13N3O3/c14-13(18)16-10-4-1-3-9(7-10)12(17)15-8-11-5-2-6-19-11/h1-7H,8H2,(H,15,17)(H3,14,16,18). The van der Waals surface area contributed by atoms with Crippen molar-refractivity contribution in [3.05, 3.63) is 54.0 Å². The monoisotopic (exact) mass is 259 g/mol. The molecule has 0 spiro atoms. The number of anilines is 1. The van der Waals surface area contributed by atoms with Gasteiger partial charge in [-0.15, -0.1) is 0 Å². The number of rotatable bonds is 4. The van der Waals surface area contributed by atoms with Crippen LogP contribution in [0.25, 0.3) is 0 Å². The molecule has 0 fully saturated rings. The first-order valence-corrected chi connectivity index (χ1v) is 5.62. The van der Waals surface area contributed by atoms with Crippen LogP contribution in [0, 0.1) is 0 Å². The Morgan fingerprint density at radius 1 is 1.21 bits per heavy atom. The Hall–Kier alpha value is -2.76. The summed E-state index contributed by atoms with van der Waals surface area (Å²) >= 11 is 0. The third-order valence-electron chi connectivity index (χ3n) is 2.40. The highest BCUT2D eigenvalue weighted by molar-refractivity contribution is 5.96. The van der Waals surface area contributed by atoms with Gasteiger partial charge < -0.3 is 20.8 Å². The van der Waals surface area contributed by atoms with Crippen molar-refractivity contribution < 1.29 is 14.0 Å². The van der Waals surface area contributed by atoms with E-state index in [2.05, 4.69) is 10.6 Å². The Labute approximate surface area is 109 Å². The first-order chi connectivity index (χ1) is 9.15. The number of benzene rings is 1. The van der Waals surface area contributed by atoms with Crippen molar-refractivity contribution in [2.24, 2.45) is 5.73 Å². The maximum Gasteiger partial charge on any atom is 0.316 e. The summed E-state index contributed by atoms with van der Waals surface area (Å²) < 4.78 is 5.11. The Morgan fingerprint density at radius 3 is 2.74 bits per heavy atom. The molecular formula is C13H13N3O3. The summed E-state index contributed by atoms with van der Waals surface area (Å²) in [6, 6.07) is 9.34. The largest absolute Gasteiger partial charge is 0.467 e. The first-order valence-electron chi connectivity index (χ1n) is 5.62. The van der Waals surface area contributed by atoms with Gasteiger partial charge in [0.25, 0.3) is 5.91 Å². The van der Waals surface area contributed by atoms with Crippen LogP contribution in [0.2, 0.25) is 0 Å². The third kappa shape index (κ3) is 3.60. The highest BCUT2D eigenvalue weighted by atomic mass is 16.3. The van der Waals surface area contributed by atoms with Crippen molar-refractivity contribution >= 4 is 17.6 Å². The number of nitrogens with one attached hydrogen (secondary N) is 2. The molecule has 6 nitrogen and oxygen atoms in total. The second-order valence-corrected chi connectivity index (χ2v) is 3.83. The molecule has 0 aliphatic heterocycles. The Balaban J connectivity index is 2.00. The number of nitrogens with two attached hydrogens (primary N) is 1. The highest BCUT2D eigenvalue weighted by Gasteiger charge is 2.07. The SMILES string of the molecule is NC(=O)Nc1cccc(C(=O)NCc2ccco2)c1. The number of urea groups is 1. The van der Waals surface area contributed by atoms with Crippen molar-refractivity contribution in [3.8, 4) is 0 Å². The molecule has 0 aliphatic carbocycles. The average Bonchev–Trinajstić information content (AvgIpc) is 2.88. The van der Waals surface area contributed by atoms with E-state index in [9.17, 15) is 9.59 Å². The van der Waals surface area contributed by atoms with E-state index < -0.39 is 6.03 Å². The van der Waals surface area contributed by atoms with E-state index >= 15 is 0 Å². The van der Waals surface area contributed by atoms with Crippen molar-refractivity contribution in [1.29, 1.82) is 0 Å². The Kier molecular flexibility index (Phi) is 3.82. The zero-order chi connectivity index (χ0) is 13.7. The summed E-state index contributed by atoms with van der Waals surface area (Å²) in [4.78, 5) is 22.6. The van der Waals surface area contributed by atoms with Gasteiger partial charge in [0, 0.05) is 11.3 Å². The molecule has 4 N–H and O–H groups in total. The molecule has 19 heavy (non-hydrogen) atoms. The smallest absolute Gasteiger partial charge is 0.316 e. The second kappa shape index (κ2) is 5.72. The fraction of sp³-hybridized carbons (Fsp3) is 0.0769. The van der Waals surface area contributed by atoms with E-state index in [1.165, 1.54) is 0 Å². The molecule has 0 saturated carbocycles. The van der Waals surface area contributed by atoms with Gasteiger partial charge in [-0.05, 0) is 30.3 Å². The van der Waals surface area contributed by atoms with Gasteiger partial charge in [0.1, 0.15) is 5.76 Å². The zero-order valence-corrected chi connectivity index (χ0v) is 10.1. The van der Waals surface area contributed by atoms with E-state index in [0.717, 1.165) is 0 Å². The molecule has 0 radical (unpaired) electrons. The molecule has 0 atom stereocenters. The lowest BCUT2D eigenvalue weighted by Gasteiger charge is -2.06. The Bertz CT molecular complexity index is 579. The summed E-state index contributed by atoms with van der Waals surface area (Å²) in [7, 11) is 0. The van der Waals surface area contributed by atoms with Crippen LogP contribution in [0.3, 0.4) is 0 Å². The molecule has 0 saturated heterocycles. The number of hydrogen-bond acceptors (Lipinski definition) is 3. The summed E-state index contributed by atoms with van der Waals surface area (Å²) in [5.74, 6) is 0.407. The van der Waals surface area contributed by atoms with Crippen molar-refractivity contribution in [2.45, 2.75) is 6.54 Å². The predicted octanol–water partition coefficient (Wildman–Crippen LogP) is 1.70. The molecule has 1 heterocycles. The molecular weight excluding hydrogens is 246 g/mol. The summed E-state index contributed by atoms with van der Waals surface area (Å²) in [5.41, 5.74) is 5.91. The van der Waals surface area contributed by atoms with Gasteiger partial charge in [-0.1, -0.05) is 6.07 Å². The van der Waals surface area contributed by atoms with Gasteiger partial charge >= 0.3 is 6.03 Å². The minimum Gasteiger partial charge on any atom is -0.467 e. The topological polar surface area (TPSA) is 97.4 Å². The number of carbonyl (C=O) groups excluding carboxylic acids is 2. The minimum absolute atomic E-state index is 0.260. The summed E-state index contributed by atoms with van der Waals surface area (Å²) in [6.45, 7) is 0.305. The van der Waals surface area contributed by atoms with Gasteiger partial charge in [-0.3, -0.25) is 4.79 Å². The van der Waals surface area contributed by atoms with Crippen LogP contribution in [0.15, 0.2) is 47.1 Å². The number of amides is 3. The lowest BCUT2D eigenvalue weighted by atomic mass is 10.2. The molecule has 98 valence electrons. The van der Waals surface area contributed by atoms with E-state index in [1.807, 2.05) is 0 Å². The van der Waals surface area contributed by atoms with Crippen LogP contribution in [0.5, 0.6) is 0 Å². The van der Waals surface area contributed by atoms with E-state index in [4.69, 9.17) is 10.2 Å². The van der Waals surface area contributed by atoms with E-state index in [1.54, 1.807) is 42.7 Å². The van der Waals surface area contributed by atoms with Crippen molar-refractivity contribution in [2.75, 3.05) is 5.32 Å². The van der Waals surface area contributed by atoms with Gasteiger partial charge in [0.2, 0.25) is 0 Å². The number of hydrogen-bond donors (Lipinski definition) is 3. The second-order valence-electron chi connectivity index (χ2n) is 3.83. The maximum atomic E-state index is 11.9. The summed E-state index contributed by atoms with van der Waals surface area (Å²) in [5, 5.41) is 5.12. The number of primary amides is 1. The average molecular weight is 259 g/mol. The molecule has 0 aliphatic rings. The van der Waals surface area contributed by atoms with Gasteiger partial charge in [0.05, 0.1) is 12.8 Å². The van der Waals surface area contributed by atoms with Gasteiger partial charge in [0.15, 0.2) is 0 Å². The van der Waals surface area contributed by atoms with Crippen LogP contribution in [-0.2, 0) is 6.54 Å². The summed E-state index contributed by atoms with van der Waals surface area (Å²) in [6.07, 6.45) is 1.54. The van der Waals surface area contributed by atoms with Crippen LogP contribution in [-0.4, -0.2) is 11.9 Å². The predicted molar refractivity (Wildman–Crippen MR) is 69.5 cm³/mol. The van der Waals surface area contributed by atoms with Crippen LogP contribution in [0.4, 0.5) is 10.5 Å². The molecule has 1 aromatic carbocycles. The molecule has 2 rings (SSSR count). The van der Waals surface area contributed by atoms with Crippen LogP contribution in [0.1, 0.15) is 16.1 Å². The molecule has 1 aromatic heterocycles. The van der Waals surface area contributed by atoms with Crippen molar-refractivity contribution in [3.63, 3.8) is 0 Å². The van der Waals surface area contributed by atoms with E-state index in [-0.39, 0.29) is 5.91 Å².